The summed E-state index contributed by atoms with van der Waals surface area (Å²) in [4.78, 5) is 30.6. The molecule has 0 saturated heterocycles. The van der Waals surface area contributed by atoms with Gasteiger partial charge in [0.05, 0.1) is 20.6 Å². The van der Waals surface area contributed by atoms with Gasteiger partial charge in [0.25, 0.3) is 10.0 Å². The maximum absolute atomic E-state index is 14.8. The van der Waals surface area contributed by atoms with Gasteiger partial charge in [-0.05, 0) is 79.3 Å². The molecule has 1 saturated carbocycles. The molecule has 2 amide bonds. The summed E-state index contributed by atoms with van der Waals surface area (Å²) in [5.41, 5.74) is 3.47. The second-order valence-electron chi connectivity index (χ2n) is 12.4. The van der Waals surface area contributed by atoms with Gasteiger partial charge in [-0.3, -0.25) is 13.9 Å². The molecule has 1 aliphatic carbocycles. The molecule has 5 rings (SSSR count). The Balaban J connectivity index is 1.59. The summed E-state index contributed by atoms with van der Waals surface area (Å²) in [5.74, 6) is -0.801. The Kier molecular flexibility index (Phi) is 11.8. The van der Waals surface area contributed by atoms with Crippen LogP contribution in [0.5, 0.6) is 0 Å². The number of sulfonamides is 1. The molecule has 4 aromatic rings. The maximum atomic E-state index is 14.8. The maximum Gasteiger partial charge on any atom is 0.264 e. The van der Waals surface area contributed by atoms with E-state index in [-0.39, 0.29) is 29.8 Å². The van der Waals surface area contributed by atoms with Crippen molar-refractivity contribution in [3.63, 3.8) is 0 Å². The quantitative estimate of drug-likeness (QED) is 0.162. The van der Waals surface area contributed by atoms with Gasteiger partial charge in [-0.25, -0.2) is 8.42 Å². The van der Waals surface area contributed by atoms with Crippen molar-refractivity contribution in [2.45, 2.75) is 75.9 Å². The van der Waals surface area contributed by atoms with Crippen molar-refractivity contribution in [1.82, 2.24) is 10.2 Å². The van der Waals surface area contributed by atoms with E-state index in [2.05, 4.69) is 5.32 Å². The first-order valence-electron chi connectivity index (χ1n) is 16.3. The van der Waals surface area contributed by atoms with E-state index in [0.717, 1.165) is 47.5 Å². The number of carbonyl (C=O) groups excluding carboxylic acids is 2. The molecule has 1 aliphatic rings. The highest BCUT2D eigenvalue weighted by atomic mass is 35.5. The largest absolute Gasteiger partial charge is 0.352 e. The average molecular weight is 707 g/mol. The molecule has 4 aromatic carbocycles. The van der Waals surface area contributed by atoms with E-state index in [9.17, 15) is 18.0 Å². The summed E-state index contributed by atoms with van der Waals surface area (Å²) in [6.07, 6.45) is 5.18. The Bertz CT molecular complexity index is 1830. The fourth-order valence-electron chi connectivity index (χ4n) is 6.15. The summed E-state index contributed by atoms with van der Waals surface area (Å²) >= 11 is 12.6. The lowest BCUT2D eigenvalue weighted by molar-refractivity contribution is -0.140. The summed E-state index contributed by atoms with van der Waals surface area (Å²) in [5, 5.41) is 3.91. The Labute approximate surface area is 293 Å². The fourth-order valence-corrected chi connectivity index (χ4v) is 7.97. The third kappa shape index (κ3) is 8.78. The predicted octanol–water partition coefficient (Wildman–Crippen LogP) is 7.89. The predicted molar refractivity (Wildman–Crippen MR) is 193 cm³/mol. The zero-order valence-electron chi connectivity index (χ0n) is 27.2. The zero-order valence-corrected chi connectivity index (χ0v) is 29.6. The van der Waals surface area contributed by atoms with Crippen LogP contribution in [0, 0.1) is 13.8 Å². The Morgan fingerprint density at radius 2 is 1.48 bits per heavy atom. The third-order valence-electron chi connectivity index (χ3n) is 8.80. The minimum atomic E-state index is -4.19. The van der Waals surface area contributed by atoms with Crippen LogP contribution in [0.25, 0.3) is 0 Å². The topological polar surface area (TPSA) is 86.8 Å². The van der Waals surface area contributed by atoms with Crippen LogP contribution in [0.1, 0.15) is 54.4 Å². The Morgan fingerprint density at radius 1 is 0.812 bits per heavy atom. The Morgan fingerprint density at radius 3 is 2.15 bits per heavy atom. The van der Waals surface area contributed by atoms with Crippen molar-refractivity contribution in [3.8, 4) is 0 Å². The summed E-state index contributed by atoms with van der Waals surface area (Å²) in [6.45, 7) is 3.18. The normalized spacial score (nSPS) is 14.2. The van der Waals surface area contributed by atoms with E-state index >= 15 is 0 Å². The van der Waals surface area contributed by atoms with Gasteiger partial charge in [0.1, 0.15) is 12.6 Å². The molecule has 0 bridgehead atoms. The van der Waals surface area contributed by atoms with Crippen LogP contribution < -0.4 is 9.62 Å². The first-order chi connectivity index (χ1) is 23.0. The van der Waals surface area contributed by atoms with E-state index in [0.29, 0.717) is 26.9 Å². The standard InChI is InChI=1S/C38H41Cl2N3O4S/c1-27-18-19-28(2)35(22-27)43(48(46,47)32-16-10-5-11-17-32)26-37(44)42(25-30-20-21-33(39)34(40)23-30)36(24-29-12-6-3-7-13-29)38(45)41-31-14-8-4-9-15-31/h3,5-7,10-13,16-23,31,36H,4,8-9,14-15,24-26H2,1-2H3,(H,41,45)/t36-/m0/s1. The molecule has 1 N–H and O–H groups in total. The van der Waals surface area contributed by atoms with Gasteiger partial charge in [-0.2, -0.15) is 0 Å². The number of nitrogens with one attached hydrogen (secondary N) is 1. The van der Waals surface area contributed by atoms with Crippen molar-refractivity contribution in [3.05, 3.63) is 129 Å². The molecule has 0 heterocycles. The molecule has 1 atom stereocenters. The second kappa shape index (κ2) is 16.0. The number of benzene rings is 4. The van der Waals surface area contributed by atoms with Crippen molar-refractivity contribution >= 4 is 50.7 Å². The van der Waals surface area contributed by atoms with Crippen LogP contribution in [0.4, 0.5) is 5.69 Å². The number of aryl methyl sites for hydroxylation is 2. The van der Waals surface area contributed by atoms with Gasteiger partial charge in [0.2, 0.25) is 11.8 Å². The number of nitrogens with zero attached hydrogens (tertiary/aromatic N) is 2. The lowest BCUT2D eigenvalue weighted by atomic mass is 9.94. The summed E-state index contributed by atoms with van der Waals surface area (Å²) < 4.78 is 29.8. The molecular formula is C38H41Cl2N3O4S. The number of anilines is 1. The first kappa shape index (κ1) is 35.5. The van der Waals surface area contributed by atoms with Crippen LogP contribution in [0.15, 0.2) is 102 Å². The minimum absolute atomic E-state index is 0.0105. The van der Waals surface area contributed by atoms with Crippen LogP contribution in [-0.4, -0.2) is 43.8 Å². The molecule has 10 heteroatoms. The molecule has 7 nitrogen and oxygen atoms in total. The number of amides is 2. The van der Waals surface area contributed by atoms with Gasteiger partial charge < -0.3 is 10.2 Å². The Hall–Kier alpha value is -3.85. The molecule has 0 unspecified atom stereocenters. The smallest absolute Gasteiger partial charge is 0.264 e. The highest BCUT2D eigenvalue weighted by molar-refractivity contribution is 7.92. The highest BCUT2D eigenvalue weighted by Crippen LogP contribution is 2.30. The molecule has 48 heavy (non-hydrogen) atoms. The van der Waals surface area contributed by atoms with Gasteiger partial charge in [-0.15, -0.1) is 0 Å². The number of rotatable bonds is 12. The van der Waals surface area contributed by atoms with E-state index in [4.69, 9.17) is 23.2 Å². The molecule has 0 spiro atoms. The molecular weight excluding hydrogens is 665 g/mol. The average Bonchev–Trinajstić information content (AvgIpc) is 3.09. The van der Waals surface area contributed by atoms with Crippen molar-refractivity contribution in [1.29, 1.82) is 0 Å². The molecule has 1 fully saturated rings. The molecule has 0 aromatic heterocycles. The fraction of sp³-hybridized carbons (Fsp3) is 0.316. The van der Waals surface area contributed by atoms with E-state index in [1.54, 1.807) is 42.5 Å². The molecule has 0 radical (unpaired) electrons. The van der Waals surface area contributed by atoms with Gasteiger partial charge in [0.15, 0.2) is 0 Å². The minimum Gasteiger partial charge on any atom is -0.352 e. The number of hydrogen-bond donors (Lipinski definition) is 1. The van der Waals surface area contributed by atoms with E-state index in [1.807, 2.05) is 56.3 Å². The van der Waals surface area contributed by atoms with Gasteiger partial charge in [-0.1, -0.05) is 109 Å². The van der Waals surface area contributed by atoms with Crippen LogP contribution in [0.3, 0.4) is 0 Å². The zero-order chi connectivity index (χ0) is 34.3. The lowest BCUT2D eigenvalue weighted by Gasteiger charge is -2.35. The van der Waals surface area contributed by atoms with Crippen molar-refractivity contribution in [2.75, 3.05) is 10.8 Å². The first-order valence-corrected chi connectivity index (χ1v) is 18.5. The molecule has 252 valence electrons. The van der Waals surface area contributed by atoms with Crippen LogP contribution in [0.2, 0.25) is 10.0 Å². The monoisotopic (exact) mass is 705 g/mol. The van der Waals surface area contributed by atoms with Gasteiger partial charge >= 0.3 is 0 Å². The summed E-state index contributed by atoms with van der Waals surface area (Å²) in [7, 11) is -4.19. The van der Waals surface area contributed by atoms with Crippen LogP contribution in [-0.2, 0) is 32.6 Å². The van der Waals surface area contributed by atoms with Crippen molar-refractivity contribution < 1.29 is 18.0 Å². The summed E-state index contributed by atoms with van der Waals surface area (Å²) in [6, 6.07) is 27.3. The van der Waals surface area contributed by atoms with Crippen molar-refractivity contribution in [2.24, 2.45) is 0 Å². The number of hydrogen-bond acceptors (Lipinski definition) is 4. The van der Waals surface area contributed by atoms with E-state index in [1.165, 1.54) is 17.0 Å². The van der Waals surface area contributed by atoms with Gasteiger partial charge in [0, 0.05) is 19.0 Å². The second-order valence-corrected chi connectivity index (χ2v) is 15.1. The van der Waals surface area contributed by atoms with Crippen LogP contribution >= 0.6 is 23.2 Å². The molecule has 0 aliphatic heterocycles. The highest BCUT2D eigenvalue weighted by Gasteiger charge is 2.36. The number of halogens is 2. The lowest BCUT2D eigenvalue weighted by Crippen LogP contribution is -2.55. The SMILES string of the molecule is Cc1ccc(C)c(N(CC(=O)N(Cc2ccc(Cl)c(Cl)c2)[C@@H](Cc2ccccc2)C(=O)NC2CCCCC2)S(=O)(=O)c2ccccc2)c1. The number of carbonyl (C=O) groups is 2. The van der Waals surface area contributed by atoms with E-state index < -0.39 is 28.5 Å². The third-order valence-corrected chi connectivity index (χ3v) is 11.3.